The normalized spacial score (nSPS) is 32.0. The van der Waals surface area contributed by atoms with E-state index in [0.29, 0.717) is 12.8 Å². The zero-order chi connectivity index (χ0) is 53.4. The first kappa shape index (κ1) is 65.3. The van der Waals surface area contributed by atoms with Gasteiger partial charge in [-0.25, -0.2) is 0 Å². The van der Waals surface area contributed by atoms with E-state index >= 15 is 0 Å². The van der Waals surface area contributed by atoms with Crippen molar-refractivity contribution in [1.29, 1.82) is 0 Å². The Labute approximate surface area is 434 Å². The van der Waals surface area contributed by atoms with Gasteiger partial charge in [-0.1, -0.05) is 147 Å². The molecule has 3 saturated heterocycles. The van der Waals surface area contributed by atoms with Crippen LogP contribution in [0.25, 0.3) is 0 Å². The fourth-order valence-electron chi connectivity index (χ4n) is 9.24. The minimum atomic E-state index is -1.98. The van der Waals surface area contributed by atoms with E-state index in [1.807, 2.05) is 6.08 Å². The predicted octanol–water partition coefficient (Wildman–Crippen LogP) is 3.37. The van der Waals surface area contributed by atoms with Gasteiger partial charge in [0, 0.05) is 6.42 Å². The van der Waals surface area contributed by atoms with Crippen molar-refractivity contribution >= 4 is 5.91 Å². The second-order valence-corrected chi connectivity index (χ2v) is 20.0. The average Bonchev–Trinajstić information content (AvgIpc) is 3.39. The Morgan fingerprint density at radius 3 is 1.41 bits per heavy atom. The lowest BCUT2D eigenvalue weighted by molar-refractivity contribution is -0.379. The lowest BCUT2D eigenvalue weighted by Gasteiger charge is -2.48. The van der Waals surface area contributed by atoms with Gasteiger partial charge in [-0.2, -0.15) is 0 Å². The molecule has 0 aromatic carbocycles. The fourth-order valence-corrected chi connectivity index (χ4v) is 9.24. The van der Waals surface area contributed by atoms with E-state index in [0.717, 1.165) is 57.8 Å². The highest BCUT2D eigenvalue weighted by molar-refractivity contribution is 5.76. The van der Waals surface area contributed by atoms with E-state index in [1.54, 1.807) is 6.08 Å². The van der Waals surface area contributed by atoms with E-state index in [2.05, 4.69) is 43.5 Å². The Balaban J connectivity index is 1.55. The number of hydrogen-bond donors (Lipinski definition) is 12. The molecule has 0 aromatic heterocycles. The monoisotopic (exact) mass is 1050 g/mol. The van der Waals surface area contributed by atoms with Gasteiger partial charge in [0.2, 0.25) is 5.91 Å². The Bertz CT molecular complexity index is 1490. The van der Waals surface area contributed by atoms with E-state index in [1.165, 1.54) is 77.0 Å². The van der Waals surface area contributed by atoms with E-state index in [-0.39, 0.29) is 18.9 Å². The first-order valence-electron chi connectivity index (χ1n) is 27.7. The molecule has 17 unspecified atom stereocenters. The Kier molecular flexibility index (Phi) is 34.5. The maximum Gasteiger partial charge on any atom is 0.220 e. The SMILES string of the molecule is CCCC/C=C\CCCCCCCC(=O)NC(COC1OC(CO)C(OC2OC(CO)C(OC3OC(CO)C(O)C(O)C3O)C(O)C2O)C(O)C1O)C(O)/C=C/CC/C=C/CCCCCCCCCCCCC. The molecule has 0 spiro atoms. The predicted molar refractivity (Wildman–Crippen MR) is 272 cm³/mol. The van der Waals surface area contributed by atoms with Crippen LogP contribution in [0.5, 0.6) is 0 Å². The third kappa shape index (κ3) is 23.7. The van der Waals surface area contributed by atoms with Crippen LogP contribution in [0.15, 0.2) is 36.5 Å². The fraction of sp³-hybridized carbons (Fsp3) is 0.870. The number of allylic oxidation sites excluding steroid dienone is 5. The molecule has 1 amide bonds. The van der Waals surface area contributed by atoms with Gasteiger partial charge in [0.25, 0.3) is 0 Å². The molecule has 3 aliphatic rings. The molecule has 3 heterocycles. The highest BCUT2D eigenvalue weighted by Gasteiger charge is 2.53. The molecular formula is C54H97NO18. The standard InChI is InChI=1S/C54H97NO18/c1-3-5-7-9-11-13-15-16-17-18-19-20-22-23-25-27-29-31-38(59)37(55-42(60)32-30-28-26-24-21-14-12-10-8-6-4-2)36-68-52-48(66)45(63)50(40(34-57)70-52)73-54-49(67)46(64)51(41(35-58)71-54)72-53-47(65)44(62)43(61)39(33-56)69-53/h10,12,22-23,29,31,37-41,43-54,56-59,61-67H,3-9,11,13-21,24-28,30,32-36H2,1-2H3,(H,55,60)/b12-10-,23-22+,31-29+. The third-order valence-electron chi connectivity index (χ3n) is 13.9. The number of carbonyl (C=O) groups excluding carboxylic acids is 1. The van der Waals surface area contributed by atoms with Gasteiger partial charge in [-0.05, 0) is 51.4 Å². The van der Waals surface area contributed by atoms with Crippen molar-refractivity contribution in [3.63, 3.8) is 0 Å². The molecule has 12 N–H and O–H groups in total. The minimum absolute atomic E-state index is 0.224. The second-order valence-electron chi connectivity index (χ2n) is 20.0. The van der Waals surface area contributed by atoms with Crippen molar-refractivity contribution in [2.75, 3.05) is 26.4 Å². The Morgan fingerprint density at radius 2 is 0.890 bits per heavy atom. The summed E-state index contributed by atoms with van der Waals surface area (Å²) < 4.78 is 34.1. The first-order valence-corrected chi connectivity index (χ1v) is 27.7. The van der Waals surface area contributed by atoms with Crippen LogP contribution < -0.4 is 5.32 Å². The molecule has 0 aromatic rings. The summed E-state index contributed by atoms with van der Waals surface area (Å²) in [5.74, 6) is -0.299. The van der Waals surface area contributed by atoms with Crippen LogP contribution in [0.3, 0.4) is 0 Å². The van der Waals surface area contributed by atoms with Gasteiger partial charge < -0.3 is 89.9 Å². The van der Waals surface area contributed by atoms with Crippen LogP contribution in [0, 0.1) is 0 Å². The Hall–Kier alpha value is -1.99. The molecule has 73 heavy (non-hydrogen) atoms. The number of unbranched alkanes of at least 4 members (excludes halogenated alkanes) is 19. The molecule has 426 valence electrons. The topological polar surface area (TPSA) is 307 Å². The van der Waals surface area contributed by atoms with Gasteiger partial charge in [-0.15, -0.1) is 0 Å². The van der Waals surface area contributed by atoms with Crippen LogP contribution in [-0.2, 0) is 33.2 Å². The molecular weight excluding hydrogens is 951 g/mol. The van der Waals surface area contributed by atoms with E-state index in [9.17, 15) is 61.0 Å². The lowest BCUT2D eigenvalue weighted by atomic mass is 9.96. The van der Waals surface area contributed by atoms with Crippen molar-refractivity contribution in [3.05, 3.63) is 36.5 Å². The zero-order valence-corrected chi connectivity index (χ0v) is 43.9. The summed E-state index contributed by atoms with van der Waals surface area (Å²) in [6.45, 7) is 1.62. The average molecular weight is 1050 g/mol. The van der Waals surface area contributed by atoms with Crippen LogP contribution in [0.2, 0.25) is 0 Å². The molecule has 19 nitrogen and oxygen atoms in total. The van der Waals surface area contributed by atoms with E-state index in [4.69, 9.17) is 28.4 Å². The first-order chi connectivity index (χ1) is 35.3. The van der Waals surface area contributed by atoms with Gasteiger partial charge in [0.1, 0.15) is 73.2 Å². The number of aliphatic hydroxyl groups excluding tert-OH is 11. The van der Waals surface area contributed by atoms with Crippen molar-refractivity contribution in [2.24, 2.45) is 0 Å². The van der Waals surface area contributed by atoms with Gasteiger partial charge >= 0.3 is 0 Å². The highest BCUT2D eigenvalue weighted by atomic mass is 16.8. The molecule has 0 aliphatic carbocycles. The third-order valence-corrected chi connectivity index (χ3v) is 13.9. The summed E-state index contributed by atoms with van der Waals surface area (Å²) >= 11 is 0. The summed E-state index contributed by atoms with van der Waals surface area (Å²) in [6.07, 6.45) is 11.5. The molecule has 3 aliphatic heterocycles. The smallest absolute Gasteiger partial charge is 0.220 e. The van der Waals surface area contributed by atoms with Crippen molar-refractivity contribution < 1.29 is 89.4 Å². The summed E-state index contributed by atoms with van der Waals surface area (Å²) in [5, 5.41) is 120. The van der Waals surface area contributed by atoms with Gasteiger partial charge in [0.15, 0.2) is 18.9 Å². The van der Waals surface area contributed by atoms with Crippen molar-refractivity contribution in [2.45, 2.75) is 272 Å². The number of ether oxygens (including phenoxy) is 6. The molecule has 0 bridgehead atoms. The van der Waals surface area contributed by atoms with Crippen LogP contribution >= 0.6 is 0 Å². The Morgan fingerprint density at radius 1 is 0.479 bits per heavy atom. The quantitative estimate of drug-likeness (QED) is 0.0310. The number of amides is 1. The maximum atomic E-state index is 13.2. The van der Waals surface area contributed by atoms with E-state index < -0.39 is 124 Å². The molecule has 0 saturated carbocycles. The van der Waals surface area contributed by atoms with Crippen LogP contribution in [-0.4, -0.2) is 193 Å². The number of nitrogens with one attached hydrogen (secondary N) is 1. The largest absolute Gasteiger partial charge is 0.394 e. The highest BCUT2D eigenvalue weighted by Crippen LogP contribution is 2.33. The summed E-state index contributed by atoms with van der Waals surface area (Å²) in [4.78, 5) is 13.2. The molecule has 0 radical (unpaired) electrons. The summed E-state index contributed by atoms with van der Waals surface area (Å²) in [5.41, 5.74) is 0. The number of hydrogen-bond acceptors (Lipinski definition) is 18. The summed E-state index contributed by atoms with van der Waals surface area (Å²) in [6, 6.07) is -0.991. The summed E-state index contributed by atoms with van der Waals surface area (Å²) in [7, 11) is 0. The van der Waals surface area contributed by atoms with Crippen LogP contribution in [0.4, 0.5) is 0 Å². The van der Waals surface area contributed by atoms with Crippen molar-refractivity contribution in [3.8, 4) is 0 Å². The molecule has 19 heteroatoms. The molecule has 3 rings (SSSR count). The number of aliphatic hydroxyl groups is 11. The minimum Gasteiger partial charge on any atom is -0.394 e. The second kappa shape index (κ2) is 38.5. The van der Waals surface area contributed by atoms with Gasteiger partial charge in [0.05, 0.1) is 38.6 Å². The zero-order valence-electron chi connectivity index (χ0n) is 43.9. The lowest BCUT2D eigenvalue weighted by Crippen LogP contribution is -2.66. The van der Waals surface area contributed by atoms with Crippen LogP contribution in [0.1, 0.15) is 168 Å². The number of rotatable bonds is 39. The molecule has 17 atom stereocenters. The molecule has 3 fully saturated rings. The van der Waals surface area contributed by atoms with Gasteiger partial charge in [-0.3, -0.25) is 4.79 Å². The number of carbonyl (C=O) groups is 1. The van der Waals surface area contributed by atoms with Crippen molar-refractivity contribution in [1.82, 2.24) is 5.32 Å². The maximum absolute atomic E-state index is 13.2.